The summed E-state index contributed by atoms with van der Waals surface area (Å²) in [4.78, 5) is 0. The fourth-order valence-corrected chi connectivity index (χ4v) is 1.83. The van der Waals surface area contributed by atoms with E-state index < -0.39 is 12.2 Å². The Labute approximate surface area is 123 Å². The van der Waals surface area contributed by atoms with Crippen LogP contribution in [0.5, 0.6) is 11.5 Å². The molecule has 2 aromatic carbocycles. The third-order valence-electron chi connectivity index (χ3n) is 2.65. The second-order valence-corrected chi connectivity index (χ2v) is 4.32. The number of ether oxygens (including phenoxy) is 2. The zero-order chi connectivity index (χ0) is 16.2. The van der Waals surface area contributed by atoms with Gasteiger partial charge < -0.3 is 14.6 Å². The first-order valence-corrected chi connectivity index (χ1v) is 6.28. The molecule has 0 unspecified atom stereocenters. The number of benzene rings is 2. The van der Waals surface area contributed by atoms with Crippen molar-refractivity contribution in [1.29, 1.82) is 0 Å². The van der Waals surface area contributed by atoms with Gasteiger partial charge in [0, 0.05) is 6.07 Å². The minimum atomic E-state index is -4.76. The Bertz CT molecular complexity index is 624. The smallest absolute Gasteiger partial charge is 0.491 e. The second-order valence-electron chi connectivity index (χ2n) is 4.32. The van der Waals surface area contributed by atoms with Crippen LogP contribution >= 0.6 is 0 Å². The van der Waals surface area contributed by atoms with E-state index in [0.717, 1.165) is 18.2 Å². The molecular weight excluding hydrogens is 304 g/mol. The van der Waals surface area contributed by atoms with Crippen molar-refractivity contribution in [1.82, 2.24) is 0 Å². The van der Waals surface area contributed by atoms with E-state index >= 15 is 0 Å². The summed E-state index contributed by atoms with van der Waals surface area (Å²) in [5.41, 5.74) is 0.939. The first kappa shape index (κ1) is 16.1. The molecule has 0 atom stereocenters. The highest BCUT2D eigenvalue weighted by Crippen LogP contribution is 2.29. The van der Waals surface area contributed by atoms with Crippen LogP contribution in [-0.4, -0.2) is 24.7 Å². The van der Waals surface area contributed by atoms with Crippen LogP contribution in [0.4, 0.5) is 17.6 Å². The average molecular weight is 316 g/mol. The Balaban J connectivity index is 2.22. The van der Waals surface area contributed by atoms with Crippen LogP contribution in [0.2, 0.25) is 0 Å². The highest BCUT2D eigenvalue weighted by Gasteiger charge is 2.30. The van der Waals surface area contributed by atoms with Gasteiger partial charge in [-0.05, 0) is 35.4 Å². The van der Waals surface area contributed by atoms with Gasteiger partial charge in [-0.3, -0.25) is 0 Å². The summed E-state index contributed by atoms with van der Waals surface area (Å²) in [5, 5.41) is 8.68. The van der Waals surface area contributed by atoms with E-state index in [1.807, 2.05) is 0 Å². The van der Waals surface area contributed by atoms with Crippen molar-refractivity contribution in [3.05, 3.63) is 48.3 Å². The molecule has 0 amide bonds. The van der Waals surface area contributed by atoms with Crippen molar-refractivity contribution in [3.63, 3.8) is 0 Å². The van der Waals surface area contributed by atoms with Gasteiger partial charge in [0.1, 0.15) is 23.9 Å². The molecule has 0 aromatic heterocycles. The predicted molar refractivity (Wildman–Crippen MR) is 71.1 cm³/mol. The van der Waals surface area contributed by atoms with E-state index in [2.05, 4.69) is 4.74 Å². The van der Waals surface area contributed by atoms with Gasteiger partial charge >= 0.3 is 6.36 Å². The Morgan fingerprint density at radius 3 is 2.18 bits per heavy atom. The van der Waals surface area contributed by atoms with E-state index in [-0.39, 0.29) is 24.7 Å². The summed E-state index contributed by atoms with van der Waals surface area (Å²) >= 11 is 0. The maximum absolute atomic E-state index is 13.5. The van der Waals surface area contributed by atoms with E-state index in [4.69, 9.17) is 9.84 Å². The summed E-state index contributed by atoms with van der Waals surface area (Å²) in [6, 6.07) is 8.95. The van der Waals surface area contributed by atoms with Gasteiger partial charge in [-0.1, -0.05) is 12.1 Å². The summed E-state index contributed by atoms with van der Waals surface area (Å²) in [7, 11) is 0. The summed E-state index contributed by atoms with van der Waals surface area (Å²) in [5.74, 6) is -0.690. The summed E-state index contributed by atoms with van der Waals surface area (Å²) in [6.45, 7) is -0.198. The molecule has 3 nitrogen and oxygen atoms in total. The maximum atomic E-state index is 13.5. The summed E-state index contributed by atoms with van der Waals surface area (Å²) in [6.07, 6.45) is -4.76. The van der Waals surface area contributed by atoms with Gasteiger partial charge in [0.2, 0.25) is 0 Å². The molecule has 118 valence electrons. The van der Waals surface area contributed by atoms with Crippen molar-refractivity contribution < 1.29 is 32.1 Å². The Kier molecular flexibility index (Phi) is 4.87. The molecule has 2 aromatic rings. The van der Waals surface area contributed by atoms with Crippen LogP contribution in [0.3, 0.4) is 0 Å². The molecule has 0 bridgehead atoms. The molecule has 0 saturated carbocycles. The number of hydrogen-bond donors (Lipinski definition) is 1. The van der Waals surface area contributed by atoms with Crippen LogP contribution in [-0.2, 0) is 0 Å². The quantitative estimate of drug-likeness (QED) is 0.854. The van der Waals surface area contributed by atoms with Crippen molar-refractivity contribution in [2.24, 2.45) is 0 Å². The van der Waals surface area contributed by atoms with Gasteiger partial charge in [-0.2, -0.15) is 0 Å². The number of halogens is 4. The number of rotatable bonds is 5. The average Bonchev–Trinajstić information content (AvgIpc) is 2.43. The molecule has 7 heteroatoms. The fraction of sp³-hybridized carbons (Fsp3) is 0.200. The molecule has 0 heterocycles. The van der Waals surface area contributed by atoms with Gasteiger partial charge in [0.15, 0.2) is 0 Å². The predicted octanol–water partition coefficient (Wildman–Crippen LogP) is 3.76. The van der Waals surface area contributed by atoms with Crippen molar-refractivity contribution in [2.75, 3.05) is 13.2 Å². The molecule has 0 radical (unpaired) electrons. The van der Waals surface area contributed by atoms with Crippen LogP contribution in [0.15, 0.2) is 42.5 Å². The number of aliphatic hydroxyl groups excluding tert-OH is 1. The Morgan fingerprint density at radius 2 is 1.59 bits per heavy atom. The lowest BCUT2D eigenvalue weighted by molar-refractivity contribution is -0.274. The first-order valence-electron chi connectivity index (χ1n) is 6.28. The molecule has 0 aliphatic carbocycles. The standard InChI is InChI=1S/C15H12F4O3/c16-12-7-11(8-14(9-12)21-6-5-20)10-1-3-13(4-2-10)22-15(17,18)19/h1-4,7-9,20H,5-6H2. The molecule has 0 spiro atoms. The largest absolute Gasteiger partial charge is 0.573 e. The van der Waals surface area contributed by atoms with Crippen LogP contribution in [0, 0.1) is 5.82 Å². The lowest BCUT2D eigenvalue weighted by Crippen LogP contribution is -2.16. The highest BCUT2D eigenvalue weighted by molar-refractivity contribution is 5.66. The molecule has 0 aliphatic heterocycles. The molecule has 22 heavy (non-hydrogen) atoms. The van der Waals surface area contributed by atoms with Gasteiger partial charge in [0.05, 0.1) is 6.61 Å². The lowest BCUT2D eigenvalue weighted by Gasteiger charge is -2.10. The minimum absolute atomic E-state index is 0.0151. The SMILES string of the molecule is OCCOc1cc(F)cc(-c2ccc(OC(F)(F)F)cc2)c1. The normalized spacial score (nSPS) is 11.3. The van der Waals surface area contributed by atoms with E-state index in [0.29, 0.717) is 11.1 Å². The number of aliphatic hydroxyl groups is 1. The fourth-order valence-electron chi connectivity index (χ4n) is 1.83. The Morgan fingerprint density at radius 1 is 0.909 bits per heavy atom. The van der Waals surface area contributed by atoms with Gasteiger partial charge in [-0.25, -0.2) is 4.39 Å². The third-order valence-corrected chi connectivity index (χ3v) is 2.65. The number of hydrogen-bond acceptors (Lipinski definition) is 3. The van der Waals surface area contributed by atoms with E-state index in [1.54, 1.807) is 0 Å². The van der Waals surface area contributed by atoms with Crippen molar-refractivity contribution >= 4 is 0 Å². The first-order chi connectivity index (χ1) is 10.4. The zero-order valence-electron chi connectivity index (χ0n) is 11.2. The summed E-state index contributed by atoms with van der Waals surface area (Å²) < 4.78 is 58.7. The zero-order valence-corrected chi connectivity index (χ0v) is 11.2. The van der Waals surface area contributed by atoms with E-state index in [9.17, 15) is 17.6 Å². The number of alkyl halides is 3. The minimum Gasteiger partial charge on any atom is -0.491 e. The molecule has 0 aliphatic rings. The van der Waals surface area contributed by atoms with Crippen LogP contribution in [0.25, 0.3) is 11.1 Å². The highest BCUT2D eigenvalue weighted by atomic mass is 19.4. The van der Waals surface area contributed by atoms with Gasteiger partial charge in [-0.15, -0.1) is 13.2 Å². The van der Waals surface area contributed by atoms with Crippen LogP contribution < -0.4 is 9.47 Å². The topological polar surface area (TPSA) is 38.7 Å². The molecular formula is C15H12F4O3. The molecule has 0 saturated heterocycles. The maximum Gasteiger partial charge on any atom is 0.573 e. The van der Waals surface area contributed by atoms with Crippen LogP contribution in [0.1, 0.15) is 0 Å². The van der Waals surface area contributed by atoms with E-state index in [1.165, 1.54) is 24.3 Å². The van der Waals surface area contributed by atoms with Crippen molar-refractivity contribution in [2.45, 2.75) is 6.36 Å². The third kappa shape index (κ3) is 4.63. The molecule has 0 fully saturated rings. The van der Waals surface area contributed by atoms with Gasteiger partial charge in [0.25, 0.3) is 0 Å². The lowest BCUT2D eigenvalue weighted by atomic mass is 10.1. The molecule has 2 rings (SSSR count). The molecule has 1 N–H and O–H groups in total. The second kappa shape index (κ2) is 6.65. The monoisotopic (exact) mass is 316 g/mol. The van der Waals surface area contributed by atoms with Crippen molar-refractivity contribution in [3.8, 4) is 22.6 Å². The Hall–Kier alpha value is -2.28.